The fraction of sp³-hybridized carbons (Fsp3) is 0.591. The summed E-state index contributed by atoms with van der Waals surface area (Å²) >= 11 is 0. The summed E-state index contributed by atoms with van der Waals surface area (Å²) in [4.78, 5) is 11.4. The molecule has 1 aliphatic heterocycles. The quantitative estimate of drug-likeness (QED) is 0.579. The zero-order valence-corrected chi connectivity index (χ0v) is 18.5. The SMILES string of the molecule is CCc1nn(C)c(CC)c1CNC(=NC)NC1CCN(c2ccc(C)cn2)CC1. The summed E-state index contributed by atoms with van der Waals surface area (Å²) in [5, 5.41) is 11.8. The van der Waals surface area contributed by atoms with Crippen LogP contribution >= 0.6 is 0 Å². The van der Waals surface area contributed by atoms with Crippen molar-refractivity contribution in [2.45, 2.75) is 59.0 Å². The van der Waals surface area contributed by atoms with E-state index in [2.05, 4.69) is 63.5 Å². The Balaban J connectivity index is 1.53. The summed E-state index contributed by atoms with van der Waals surface area (Å²) in [6, 6.07) is 4.67. The Morgan fingerprint density at radius 2 is 1.97 bits per heavy atom. The number of hydrogen-bond acceptors (Lipinski definition) is 4. The van der Waals surface area contributed by atoms with Crippen LogP contribution in [0.3, 0.4) is 0 Å². The molecular weight excluding hydrogens is 362 g/mol. The van der Waals surface area contributed by atoms with Gasteiger partial charge in [-0.3, -0.25) is 9.67 Å². The highest BCUT2D eigenvalue weighted by molar-refractivity contribution is 5.80. The Morgan fingerprint density at radius 3 is 2.55 bits per heavy atom. The van der Waals surface area contributed by atoms with Crippen LogP contribution in [0.4, 0.5) is 5.82 Å². The summed E-state index contributed by atoms with van der Waals surface area (Å²) in [5.74, 6) is 1.94. The Bertz CT molecular complexity index is 814. The van der Waals surface area contributed by atoms with E-state index >= 15 is 0 Å². The predicted octanol–water partition coefficient (Wildman–Crippen LogP) is 2.58. The van der Waals surface area contributed by atoms with Gasteiger partial charge in [-0.15, -0.1) is 0 Å². The van der Waals surface area contributed by atoms with E-state index in [0.717, 1.165) is 57.1 Å². The molecule has 7 nitrogen and oxygen atoms in total. The summed E-state index contributed by atoms with van der Waals surface area (Å²) in [6.07, 6.45) is 6.02. The number of rotatable bonds is 6. The summed E-state index contributed by atoms with van der Waals surface area (Å²) in [6.45, 7) is 9.19. The fourth-order valence-corrected chi connectivity index (χ4v) is 4.05. The highest BCUT2D eigenvalue weighted by Crippen LogP contribution is 2.18. The smallest absolute Gasteiger partial charge is 0.191 e. The van der Waals surface area contributed by atoms with Gasteiger partial charge in [-0.05, 0) is 44.2 Å². The molecule has 2 aromatic rings. The highest BCUT2D eigenvalue weighted by atomic mass is 15.3. The molecule has 0 unspecified atom stereocenters. The Kier molecular flexibility index (Phi) is 7.12. The average Bonchev–Trinajstić information content (AvgIpc) is 3.06. The van der Waals surface area contributed by atoms with Gasteiger partial charge in [0.25, 0.3) is 0 Å². The molecule has 7 heteroatoms. The van der Waals surface area contributed by atoms with E-state index in [0.29, 0.717) is 6.04 Å². The number of hydrogen-bond donors (Lipinski definition) is 2. The van der Waals surface area contributed by atoms with E-state index in [1.54, 1.807) is 0 Å². The number of pyridine rings is 1. The van der Waals surface area contributed by atoms with Crippen molar-refractivity contribution >= 4 is 11.8 Å². The third-order valence-electron chi connectivity index (χ3n) is 5.74. The number of aromatic nitrogens is 3. The van der Waals surface area contributed by atoms with Crippen LogP contribution in [-0.2, 0) is 26.4 Å². The van der Waals surface area contributed by atoms with Crippen molar-refractivity contribution in [2.75, 3.05) is 25.0 Å². The molecule has 1 saturated heterocycles. The summed E-state index contributed by atoms with van der Waals surface area (Å²) < 4.78 is 2.01. The second-order valence-electron chi connectivity index (χ2n) is 7.73. The molecule has 0 atom stereocenters. The van der Waals surface area contributed by atoms with Crippen molar-refractivity contribution < 1.29 is 0 Å². The van der Waals surface area contributed by atoms with Crippen molar-refractivity contribution in [3.63, 3.8) is 0 Å². The molecule has 3 rings (SSSR count). The molecule has 29 heavy (non-hydrogen) atoms. The number of aryl methyl sites for hydroxylation is 3. The van der Waals surface area contributed by atoms with Crippen molar-refractivity contribution in [3.05, 3.63) is 40.8 Å². The zero-order valence-electron chi connectivity index (χ0n) is 18.5. The van der Waals surface area contributed by atoms with E-state index in [9.17, 15) is 0 Å². The van der Waals surface area contributed by atoms with Crippen LogP contribution in [-0.4, -0.2) is 46.9 Å². The molecule has 0 amide bonds. The van der Waals surface area contributed by atoms with Crippen LogP contribution in [0.5, 0.6) is 0 Å². The van der Waals surface area contributed by atoms with Crippen molar-refractivity contribution in [2.24, 2.45) is 12.0 Å². The van der Waals surface area contributed by atoms with E-state index in [1.165, 1.54) is 22.5 Å². The van der Waals surface area contributed by atoms with Gasteiger partial charge in [0.15, 0.2) is 5.96 Å². The molecule has 0 aromatic carbocycles. The molecule has 0 saturated carbocycles. The minimum Gasteiger partial charge on any atom is -0.356 e. The minimum atomic E-state index is 0.424. The molecule has 1 aliphatic rings. The first-order valence-corrected chi connectivity index (χ1v) is 10.7. The first kappa shape index (κ1) is 21.1. The van der Waals surface area contributed by atoms with Gasteiger partial charge in [-0.25, -0.2) is 4.98 Å². The molecule has 0 spiro atoms. The second kappa shape index (κ2) is 9.76. The number of anilines is 1. The normalized spacial score (nSPS) is 15.6. The van der Waals surface area contributed by atoms with E-state index in [4.69, 9.17) is 0 Å². The number of piperidine rings is 1. The van der Waals surface area contributed by atoms with Gasteiger partial charge in [0.2, 0.25) is 0 Å². The molecule has 0 bridgehead atoms. The number of nitrogens with zero attached hydrogens (tertiary/aromatic N) is 5. The van der Waals surface area contributed by atoms with E-state index < -0.39 is 0 Å². The van der Waals surface area contributed by atoms with Gasteiger partial charge in [-0.1, -0.05) is 19.9 Å². The number of aliphatic imine (C=N–C) groups is 1. The van der Waals surface area contributed by atoms with E-state index in [1.807, 2.05) is 25.0 Å². The van der Waals surface area contributed by atoms with Crippen molar-refractivity contribution in [1.82, 2.24) is 25.4 Å². The molecule has 158 valence electrons. The van der Waals surface area contributed by atoms with Crippen molar-refractivity contribution in [3.8, 4) is 0 Å². The minimum absolute atomic E-state index is 0.424. The molecule has 2 N–H and O–H groups in total. The lowest BCUT2D eigenvalue weighted by molar-refractivity contribution is 0.459. The van der Waals surface area contributed by atoms with E-state index in [-0.39, 0.29) is 0 Å². The summed E-state index contributed by atoms with van der Waals surface area (Å²) in [5.41, 5.74) is 4.97. The second-order valence-corrected chi connectivity index (χ2v) is 7.73. The van der Waals surface area contributed by atoms with Crippen LogP contribution in [0.15, 0.2) is 23.3 Å². The lowest BCUT2D eigenvalue weighted by atomic mass is 10.1. The van der Waals surface area contributed by atoms with Gasteiger partial charge in [-0.2, -0.15) is 5.10 Å². The van der Waals surface area contributed by atoms with Crippen LogP contribution in [0.2, 0.25) is 0 Å². The monoisotopic (exact) mass is 397 g/mol. The maximum absolute atomic E-state index is 4.67. The number of nitrogens with one attached hydrogen (secondary N) is 2. The molecule has 0 aliphatic carbocycles. The molecule has 1 fully saturated rings. The Hall–Kier alpha value is -2.57. The Morgan fingerprint density at radius 1 is 1.21 bits per heavy atom. The topological polar surface area (TPSA) is 70.4 Å². The molecular formula is C22H35N7. The fourth-order valence-electron chi connectivity index (χ4n) is 4.05. The molecule has 2 aromatic heterocycles. The third-order valence-corrected chi connectivity index (χ3v) is 5.74. The van der Waals surface area contributed by atoms with Gasteiger partial charge in [0.1, 0.15) is 5.82 Å². The Labute approximate surface area is 174 Å². The molecule has 3 heterocycles. The van der Waals surface area contributed by atoms with Crippen LogP contribution in [0.25, 0.3) is 0 Å². The van der Waals surface area contributed by atoms with Crippen LogP contribution in [0, 0.1) is 6.92 Å². The summed E-state index contributed by atoms with van der Waals surface area (Å²) in [7, 11) is 3.87. The lowest BCUT2D eigenvalue weighted by Gasteiger charge is -2.33. The van der Waals surface area contributed by atoms with Crippen molar-refractivity contribution in [1.29, 1.82) is 0 Å². The maximum Gasteiger partial charge on any atom is 0.191 e. The number of guanidine groups is 1. The third kappa shape index (κ3) is 5.08. The highest BCUT2D eigenvalue weighted by Gasteiger charge is 2.21. The first-order chi connectivity index (χ1) is 14.0. The van der Waals surface area contributed by atoms with Gasteiger partial charge < -0.3 is 15.5 Å². The lowest BCUT2D eigenvalue weighted by Crippen LogP contribution is -2.48. The van der Waals surface area contributed by atoms with Gasteiger partial charge in [0.05, 0.1) is 5.69 Å². The average molecular weight is 398 g/mol. The van der Waals surface area contributed by atoms with Gasteiger partial charge in [0, 0.05) is 57.2 Å². The van der Waals surface area contributed by atoms with Crippen LogP contribution in [0.1, 0.15) is 49.2 Å². The predicted molar refractivity (Wildman–Crippen MR) is 120 cm³/mol. The maximum atomic E-state index is 4.67. The standard InChI is InChI=1S/C22H35N7/c1-6-19-18(20(7-2)28(5)27-19)15-25-22(23-4)26-17-10-12-29(13-11-17)21-9-8-16(3)14-24-21/h8-9,14,17H,6-7,10-13,15H2,1-5H3,(H2,23,25,26). The van der Waals surface area contributed by atoms with Gasteiger partial charge >= 0.3 is 0 Å². The largest absolute Gasteiger partial charge is 0.356 e. The zero-order chi connectivity index (χ0) is 20.8. The first-order valence-electron chi connectivity index (χ1n) is 10.7. The molecule has 0 radical (unpaired) electrons. The van der Waals surface area contributed by atoms with Crippen LogP contribution < -0.4 is 15.5 Å².